The predicted octanol–water partition coefficient (Wildman–Crippen LogP) is 3.67. The van der Waals surface area contributed by atoms with Gasteiger partial charge in [-0.2, -0.15) is 8.42 Å². The fraction of sp³-hybridized carbons (Fsp3) is 0.538. The summed E-state index contributed by atoms with van der Waals surface area (Å²) in [6.07, 6.45) is 6.10. The first-order valence-electron chi connectivity index (χ1n) is 12.3. The summed E-state index contributed by atoms with van der Waals surface area (Å²) in [4.78, 5) is 19.0. The molecule has 4 rings (SSSR count). The number of pyridine rings is 1. The molecule has 2 N–H and O–H groups in total. The van der Waals surface area contributed by atoms with Crippen LogP contribution in [0.1, 0.15) is 68.9 Å². The van der Waals surface area contributed by atoms with E-state index in [1.165, 1.54) is 25.3 Å². The van der Waals surface area contributed by atoms with Crippen LogP contribution < -0.4 is 14.4 Å². The standard InChI is InChI=1S/C26H35N3O5S/c1-18-12-13-21(20-8-5-4-6-9-20)22(16-18)34-26(14-15-26)25(31)28-35(32,33)24-11-7-10-23(27-24)29(3)17-19(2)30/h7,10-13,16,19-20,30H,4-6,8-9,14-15,17H2,1-3H3,(H,28,31). The fourth-order valence-electron chi connectivity index (χ4n) is 4.70. The van der Waals surface area contributed by atoms with E-state index in [1.807, 2.05) is 13.0 Å². The summed E-state index contributed by atoms with van der Waals surface area (Å²) in [7, 11) is -2.49. The molecule has 2 fully saturated rings. The van der Waals surface area contributed by atoms with Gasteiger partial charge in [0.25, 0.3) is 15.9 Å². The molecule has 2 aromatic rings. The molecule has 0 aliphatic heterocycles. The largest absolute Gasteiger partial charge is 0.477 e. The molecule has 1 aromatic carbocycles. The molecule has 0 radical (unpaired) electrons. The van der Waals surface area contributed by atoms with Gasteiger partial charge in [0.2, 0.25) is 0 Å². The Kier molecular flexibility index (Phi) is 7.38. The molecule has 8 nitrogen and oxygen atoms in total. The third-order valence-corrected chi connectivity index (χ3v) is 8.01. The number of benzene rings is 1. The number of ether oxygens (including phenoxy) is 1. The number of aliphatic hydroxyl groups excluding tert-OH is 1. The lowest BCUT2D eigenvalue weighted by Gasteiger charge is -2.26. The molecule has 0 spiro atoms. The van der Waals surface area contributed by atoms with Crippen molar-refractivity contribution in [2.24, 2.45) is 0 Å². The number of likely N-dealkylation sites (N-methyl/N-ethyl adjacent to an activating group) is 1. The highest BCUT2D eigenvalue weighted by atomic mass is 32.2. The fourth-order valence-corrected chi connectivity index (χ4v) is 5.71. The van der Waals surface area contributed by atoms with Gasteiger partial charge in [-0.15, -0.1) is 0 Å². The van der Waals surface area contributed by atoms with Crippen LogP contribution in [-0.4, -0.2) is 49.7 Å². The molecule has 2 aliphatic carbocycles. The molecule has 1 atom stereocenters. The average molecular weight is 502 g/mol. The summed E-state index contributed by atoms with van der Waals surface area (Å²) in [6, 6.07) is 10.7. The summed E-state index contributed by atoms with van der Waals surface area (Å²) >= 11 is 0. The van der Waals surface area contributed by atoms with E-state index in [1.54, 1.807) is 31.0 Å². The first kappa shape index (κ1) is 25.4. The Labute approximate surface area is 207 Å². The maximum Gasteiger partial charge on any atom is 0.281 e. The van der Waals surface area contributed by atoms with E-state index < -0.39 is 27.6 Å². The Hall–Kier alpha value is -2.65. The molecule has 2 aliphatic rings. The maximum atomic E-state index is 13.2. The van der Waals surface area contributed by atoms with Crippen molar-refractivity contribution in [3.8, 4) is 5.75 Å². The number of sulfonamides is 1. The molecule has 190 valence electrons. The topological polar surface area (TPSA) is 109 Å². The lowest BCUT2D eigenvalue weighted by Crippen LogP contribution is -2.43. The Bertz CT molecular complexity index is 1170. The molecule has 1 heterocycles. The Morgan fingerprint density at radius 2 is 1.94 bits per heavy atom. The van der Waals surface area contributed by atoms with Gasteiger partial charge < -0.3 is 14.7 Å². The van der Waals surface area contributed by atoms with Crippen LogP contribution >= 0.6 is 0 Å². The molecule has 0 saturated heterocycles. The van der Waals surface area contributed by atoms with Crippen LogP contribution in [0.15, 0.2) is 41.4 Å². The number of aryl methyl sites for hydroxylation is 1. The van der Waals surface area contributed by atoms with Crippen LogP contribution in [0.5, 0.6) is 5.75 Å². The van der Waals surface area contributed by atoms with Gasteiger partial charge in [0, 0.05) is 26.4 Å². The number of aliphatic hydroxyl groups is 1. The minimum atomic E-state index is -4.20. The second-order valence-corrected chi connectivity index (χ2v) is 11.6. The molecule has 2 saturated carbocycles. The van der Waals surface area contributed by atoms with Crippen LogP contribution in [0.25, 0.3) is 0 Å². The molecule has 0 bridgehead atoms. The number of nitrogens with zero attached hydrogens (tertiary/aromatic N) is 2. The van der Waals surface area contributed by atoms with Crippen molar-refractivity contribution in [3.63, 3.8) is 0 Å². The van der Waals surface area contributed by atoms with E-state index in [0.717, 1.165) is 24.0 Å². The summed E-state index contributed by atoms with van der Waals surface area (Å²) in [5, 5.41) is 9.36. The zero-order valence-electron chi connectivity index (χ0n) is 20.7. The van der Waals surface area contributed by atoms with E-state index >= 15 is 0 Å². The maximum absolute atomic E-state index is 13.2. The summed E-state index contributed by atoms with van der Waals surface area (Å²) in [5.74, 6) is 0.794. The highest BCUT2D eigenvalue weighted by Crippen LogP contribution is 2.45. The van der Waals surface area contributed by atoms with Crippen molar-refractivity contribution in [1.29, 1.82) is 0 Å². The summed E-state index contributed by atoms with van der Waals surface area (Å²) in [5.41, 5.74) is 0.948. The minimum Gasteiger partial charge on any atom is -0.477 e. The number of carbonyl (C=O) groups is 1. The van der Waals surface area contributed by atoms with Gasteiger partial charge in [-0.1, -0.05) is 37.5 Å². The van der Waals surface area contributed by atoms with Crippen LogP contribution in [0.2, 0.25) is 0 Å². The molecule has 1 aromatic heterocycles. The van der Waals surface area contributed by atoms with Gasteiger partial charge in [-0.3, -0.25) is 4.79 Å². The zero-order chi connectivity index (χ0) is 25.2. The zero-order valence-corrected chi connectivity index (χ0v) is 21.5. The van der Waals surface area contributed by atoms with Gasteiger partial charge >= 0.3 is 0 Å². The highest BCUT2D eigenvalue weighted by Gasteiger charge is 2.54. The molecular weight excluding hydrogens is 466 g/mol. The van der Waals surface area contributed by atoms with Crippen molar-refractivity contribution >= 4 is 21.7 Å². The van der Waals surface area contributed by atoms with E-state index in [0.29, 0.717) is 36.9 Å². The Morgan fingerprint density at radius 3 is 2.60 bits per heavy atom. The lowest BCUT2D eigenvalue weighted by molar-refractivity contribution is -0.128. The highest BCUT2D eigenvalue weighted by molar-refractivity contribution is 7.90. The number of amides is 1. The van der Waals surface area contributed by atoms with Crippen molar-refractivity contribution in [1.82, 2.24) is 9.71 Å². The van der Waals surface area contributed by atoms with Crippen molar-refractivity contribution in [2.45, 2.75) is 81.4 Å². The third kappa shape index (κ3) is 5.95. The minimum absolute atomic E-state index is 0.255. The van der Waals surface area contributed by atoms with Crippen molar-refractivity contribution in [2.75, 3.05) is 18.5 Å². The molecular formula is C26H35N3O5S. The quantitative estimate of drug-likeness (QED) is 0.540. The smallest absolute Gasteiger partial charge is 0.281 e. The Morgan fingerprint density at radius 1 is 1.23 bits per heavy atom. The van der Waals surface area contributed by atoms with Crippen LogP contribution in [0.3, 0.4) is 0 Å². The number of rotatable bonds is 9. The van der Waals surface area contributed by atoms with E-state index in [2.05, 4.69) is 21.8 Å². The van der Waals surface area contributed by atoms with Gasteiger partial charge in [-0.25, -0.2) is 9.71 Å². The third-order valence-electron chi connectivity index (χ3n) is 6.78. The SMILES string of the molecule is Cc1ccc(C2CCCCC2)c(OC2(C(=O)NS(=O)(=O)c3cccc(N(C)CC(C)O)n3)CC2)c1. The Balaban J connectivity index is 1.51. The first-order valence-corrected chi connectivity index (χ1v) is 13.8. The number of anilines is 1. The van der Waals surface area contributed by atoms with Gasteiger partial charge in [0.15, 0.2) is 10.6 Å². The van der Waals surface area contributed by atoms with Crippen LogP contribution in [0.4, 0.5) is 5.82 Å². The molecule has 9 heteroatoms. The van der Waals surface area contributed by atoms with E-state index in [9.17, 15) is 18.3 Å². The summed E-state index contributed by atoms with van der Waals surface area (Å²) in [6.45, 7) is 3.91. The monoisotopic (exact) mass is 501 g/mol. The number of hydrogen-bond acceptors (Lipinski definition) is 7. The van der Waals surface area contributed by atoms with Gasteiger partial charge in [0.05, 0.1) is 6.10 Å². The molecule has 35 heavy (non-hydrogen) atoms. The van der Waals surface area contributed by atoms with E-state index in [-0.39, 0.29) is 5.03 Å². The number of aromatic nitrogens is 1. The van der Waals surface area contributed by atoms with Gasteiger partial charge in [0.1, 0.15) is 11.6 Å². The van der Waals surface area contributed by atoms with E-state index in [4.69, 9.17) is 4.74 Å². The predicted molar refractivity (Wildman–Crippen MR) is 134 cm³/mol. The second-order valence-electron chi connectivity index (χ2n) is 9.97. The molecule has 1 amide bonds. The number of nitrogens with one attached hydrogen (secondary N) is 1. The number of hydrogen-bond donors (Lipinski definition) is 2. The first-order chi connectivity index (χ1) is 16.6. The average Bonchev–Trinajstić information content (AvgIpc) is 3.60. The normalized spacial score (nSPS) is 18.5. The lowest BCUT2D eigenvalue weighted by atomic mass is 9.83. The van der Waals surface area contributed by atoms with Crippen molar-refractivity contribution in [3.05, 3.63) is 47.5 Å². The molecule has 1 unspecified atom stereocenters. The van der Waals surface area contributed by atoms with Crippen LogP contribution in [0, 0.1) is 6.92 Å². The van der Waals surface area contributed by atoms with Crippen molar-refractivity contribution < 1.29 is 23.1 Å². The van der Waals surface area contributed by atoms with Crippen LogP contribution in [-0.2, 0) is 14.8 Å². The second kappa shape index (κ2) is 10.1. The summed E-state index contributed by atoms with van der Waals surface area (Å²) < 4.78 is 34.5. The van der Waals surface area contributed by atoms with Gasteiger partial charge in [-0.05, 0) is 61.9 Å². The number of carbonyl (C=O) groups excluding carboxylic acids is 1.